The van der Waals surface area contributed by atoms with Gasteiger partial charge in [-0.1, -0.05) is 0 Å². The van der Waals surface area contributed by atoms with Crippen LogP contribution in [0.1, 0.15) is 0 Å². The number of rotatable bonds is 0. The monoisotopic (exact) mass is 213 g/mol. The van der Waals surface area contributed by atoms with E-state index in [4.69, 9.17) is 21.5 Å². The van der Waals surface area contributed by atoms with Crippen LogP contribution in [0.5, 0.6) is 0 Å². The van der Waals surface area contributed by atoms with Gasteiger partial charge >= 0.3 is 34.3 Å². The first kappa shape index (κ1) is 10.6. The molecule has 0 atom stereocenters. The molecule has 0 aromatic heterocycles. The summed E-state index contributed by atoms with van der Waals surface area (Å²) in [5.41, 5.74) is 0. The molecule has 0 spiro atoms. The first-order valence-electron chi connectivity index (χ1n) is 1.00. The maximum absolute atomic E-state index is 8.74. The molecule has 0 saturated heterocycles. The molecule has 5 nitrogen and oxygen atoms in total. The fourth-order valence-electron chi connectivity index (χ4n) is 0. The average Bonchev–Trinajstić information content (AvgIpc) is 1.33. The second kappa shape index (κ2) is 9.78. The molecule has 0 heterocycles. The van der Waals surface area contributed by atoms with Crippen LogP contribution < -0.4 is 0 Å². The molecule has 0 radical (unpaired) electrons. The molecule has 0 saturated carbocycles. The Kier molecular flexibility index (Phi) is 14.7. The van der Waals surface area contributed by atoms with Gasteiger partial charge in [-0.3, -0.25) is 4.57 Å². The van der Waals surface area contributed by atoms with Crippen LogP contribution in [0.3, 0.4) is 0 Å². The Morgan fingerprint density at radius 2 is 1.43 bits per heavy atom. The maximum atomic E-state index is 8.74. The molecule has 0 bridgehead atoms. The summed E-state index contributed by atoms with van der Waals surface area (Å²) in [6.45, 7) is 0. The third-order valence-electron chi connectivity index (χ3n) is 0. The minimum absolute atomic E-state index is 1.78. The molecule has 0 unspecified atom stereocenters. The molecular formula is H4MoO5P. The first-order valence-corrected chi connectivity index (χ1v) is 4.02. The van der Waals surface area contributed by atoms with Crippen LogP contribution in [0.4, 0.5) is 0 Å². The van der Waals surface area contributed by atoms with Gasteiger partial charge in [0.05, 0.1) is 0 Å². The summed E-state index contributed by atoms with van der Waals surface area (Å²) in [5, 5.41) is 0. The van der Waals surface area contributed by atoms with Gasteiger partial charge in [0.1, 0.15) is 0 Å². The first-order chi connectivity index (χ1) is 3.15. The Bertz CT molecular complexity index is 55.1. The fraction of sp³-hybridized carbons (Fsp3) is 0. The molecule has 0 aromatic carbocycles. The number of hydrogen-bond donors (Lipinski definition) is 3. The summed E-state index contributed by atoms with van der Waals surface area (Å²) >= 11 is -1.78. The normalized spacial score (nSPS) is 6.86. The average molecular weight is 211 g/mol. The van der Waals surface area contributed by atoms with Crippen LogP contribution in [0.15, 0.2) is 0 Å². The van der Waals surface area contributed by atoms with Gasteiger partial charge in [-0.25, -0.2) is 0 Å². The summed E-state index contributed by atoms with van der Waals surface area (Å²) in [6, 6.07) is 0. The van der Waals surface area contributed by atoms with E-state index in [-0.39, 0.29) is 0 Å². The van der Waals surface area contributed by atoms with E-state index in [0.717, 1.165) is 0 Å². The summed E-state index contributed by atoms with van der Waals surface area (Å²) in [5.74, 6) is 0. The standard InChI is InChI=1S/Mo.H3O3P.H2O.O/c;1-4(2)3;;/h;4H,(H2,1,2,3);1H2;/q+1;;;/p-1. The Labute approximate surface area is 49.2 Å². The van der Waals surface area contributed by atoms with Crippen molar-refractivity contribution in [3.05, 3.63) is 0 Å². The van der Waals surface area contributed by atoms with Crippen LogP contribution in [0.25, 0.3) is 0 Å². The third kappa shape index (κ3) is 390. The van der Waals surface area contributed by atoms with Crippen molar-refractivity contribution in [3.63, 3.8) is 0 Å². The van der Waals surface area contributed by atoms with Gasteiger partial charge in [0.15, 0.2) is 0 Å². The zero-order valence-corrected chi connectivity index (χ0v) is 6.07. The van der Waals surface area contributed by atoms with E-state index in [1.54, 1.807) is 0 Å². The van der Waals surface area contributed by atoms with Gasteiger partial charge in [-0.2, -0.15) is 0 Å². The molecule has 7 heavy (non-hydrogen) atoms. The van der Waals surface area contributed by atoms with Crippen molar-refractivity contribution in [3.8, 4) is 0 Å². The van der Waals surface area contributed by atoms with Crippen molar-refractivity contribution in [2.45, 2.75) is 0 Å². The van der Waals surface area contributed by atoms with E-state index in [9.17, 15) is 0 Å². The van der Waals surface area contributed by atoms with Crippen molar-refractivity contribution < 1.29 is 40.4 Å². The van der Waals surface area contributed by atoms with Gasteiger partial charge in [-0.15, -0.1) is 0 Å². The van der Waals surface area contributed by atoms with Crippen molar-refractivity contribution in [2.75, 3.05) is 0 Å². The minimum atomic E-state index is -3.13. The molecule has 0 aliphatic carbocycles. The van der Waals surface area contributed by atoms with E-state index in [2.05, 4.69) is 0 Å². The van der Waals surface area contributed by atoms with E-state index in [0.29, 0.717) is 0 Å². The van der Waals surface area contributed by atoms with Crippen molar-refractivity contribution in [1.82, 2.24) is 0 Å². The van der Waals surface area contributed by atoms with Crippen LogP contribution in [0.2, 0.25) is 0 Å². The van der Waals surface area contributed by atoms with E-state index in [1.165, 1.54) is 0 Å². The summed E-state index contributed by atoms with van der Waals surface area (Å²) in [4.78, 5) is 14.3. The predicted octanol–water partition coefficient (Wildman–Crippen LogP) is -1.32. The molecule has 0 aromatic rings. The van der Waals surface area contributed by atoms with E-state index >= 15 is 0 Å². The summed E-state index contributed by atoms with van der Waals surface area (Å²) in [6.07, 6.45) is 0. The Morgan fingerprint density at radius 3 is 1.43 bits per heavy atom. The second-order valence-corrected chi connectivity index (χ2v) is 1.29. The third-order valence-corrected chi connectivity index (χ3v) is 0. The Morgan fingerprint density at radius 1 is 1.43 bits per heavy atom. The zero-order chi connectivity index (χ0) is 6.28. The van der Waals surface area contributed by atoms with Crippen molar-refractivity contribution in [1.29, 1.82) is 0 Å². The van der Waals surface area contributed by atoms with Gasteiger partial charge in [0, 0.05) is 0 Å². The van der Waals surface area contributed by atoms with Gasteiger partial charge in [0.25, 0.3) is 0 Å². The van der Waals surface area contributed by atoms with Crippen LogP contribution in [-0.4, -0.2) is 13.5 Å². The SMILES string of the molecule is O=[PH](O)O.[O]=[Mo][OH]. The topological polar surface area (TPSA) is 94.8 Å². The van der Waals surface area contributed by atoms with E-state index in [1.807, 2.05) is 0 Å². The second-order valence-electron chi connectivity index (χ2n) is 0.357. The molecule has 7 heteroatoms. The molecule has 0 rings (SSSR count). The molecule has 0 aliphatic rings. The Balaban J connectivity index is 0. The molecule has 3 N–H and O–H groups in total. The van der Waals surface area contributed by atoms with Crippen LogP contribution in [0, 0.1) is 0 Å². The molecule has 0 fully saturated rings. The Hall–Kier alpha value is 0.598. The number of hydrogen-bond acceptors (Lipinski definition) is 2. The van der Waals surface area contributed by atoms with Crippen molar-refractivity contribution >= 4 is 8.25 Å². The summed E-state index contributed by atoms with van der Waals surface area (Å²) < 4.78 is 24.5. The van der Waals surface area contributed by atoms with Crippen molar-refractivity contribution in [2.24, 2.45) is 0 Å². The fourth-order valence-corrected chi connectivity index (χ4v) is 0. The van der Waals surface area contributed by atoms with Gasteiger partial charge < -0.3 is 9.79 Å². The van der Waals surface area contributed by atoms with Crippen LogP contribution >= 0.6 is 8.25 Å². The zero-order valence-electron chi connectivity index (χ0n) is 3.07. The van der Waals surface area contributed by atoms with Crippen LogP contribution in [-0.2, 0) is 26.9 Å². The van der Waals surface area contributed by atoms with Gasteiger partial charge in [-0.05, 0) is 0 Å². The summed E-state index contributed by atoms with van der Waals surface area (Å²) in [7, 11) is -3.13. The predicted molar refractivity (Wildman–Crippen MR) is 16.3 cm³/mol. The molecule has 0 aliphatic heterocycles. The quantitative estimate of drug-likeness (QED) is 0.341. The van der Waals surface area contributed by atoms with Gasteiger partial charge in [0.2, 0.25) is 0 Å². The molecule has 0 amide bonds. The molecule has 45 valence electrons. The molecular weight excluding hydrogens is 207 g/mol. The van der Waals surface area contributed by atoms with E-state index < -0.39 is 27.2 Å².